The smallest absolute Gasteiger partial charge is 0.126 e. The summed E-state index contributed by atoms with van der Waals surface area (Å²) in [6, 6.07) is 2.57. The van der Waals surface area contributed by atoms with Gasteiger partial charge in [-0.25, -0.2) is 0 Å². The molecule has 1 aliphatic heterocycles. The Morgan fingerprint density at radius 2 is 1.65 bits per heavy atom. The summed E-state index contributed by atoms with van der Waals surface area (Å²) in [6.45, 7) is 3.98. The van der Waals surface area contributed by atoms with Gasteiger partial charge in [-0.15, -0.1) is 0 Å². The molecule has 4 nitrogen and oxygen atoms in total. The second kappa shape index (κ2) is 4.84. The molecular formula is C13H19NO3. The number of phenols is 3. The van der Waals surface area contributed by atoms with Crippen molar-refractivity contribution < 1.29 is 15.3 Å². The van der Waals surface area contributed by atoms with Crippen LogP contribution in [-0.4, -0.2) is 28.4 Å². The Hall–Kier alpha value is -1.42. The molecule has 4 heteroatoms. The minimum absolute atomic E-state index is 0.0199. The lowest BCUT2D eigenvalue weighted by Crippen LogP contribution is -2.30. The van der Waals surface area contributed by atoms with Gasteiger partial charge in [-0.05, 0) is 37.8 Å². The Labute approximate surface area is 101 Å². The first kappa shape index (κ1) is 12.0. The molecule has 0 spiro atoms. The van der Waals surface area contributed by atoms with Gasteiger partial charge in [-0.2, -0.15) is 0 Å². The van der Waals surface area contributed by atoms with E-state index in [1.54, 1.807) is 0 Å². The zero-order valence-corrected chi connectivity index (χ0v) is 9.98. The second-order valence-electron chi connectivity index (χ2n) is 4.77. The van der Waals surface area contributed by atoms with Gasteiger partial charge in [0.2, 0.25) is 0 Å². The molecule has 0 aromatic heterocycles. The van der Waals surface area contributed by atoms with Crippen molar-refractivity contribution in [1.82, 2.24) is 5.32 Å². The van der Waals surface area contributed by atoms with Crippen molar-refractivity contribution in [2.45, 2.75) is 25.7 Å². The van der Waals surface area contributed by atoms with E-state index in [0.29, 0.717) is 11.5 Å². The third-order valence-corrected chi connectivity index (χ3v) is 3.67. The molecule has 1 aromatic rings. The van der Waals surface area contributed by atoms with Crippen molar-refractivity contribution in [3.63, 3.8) is 0 Å². The van der Waals surface area contributed by atoms with Crippen LogP contribution in [0.4, 0.5) is 0 Å². The van der Waals surface area contributed by atoms with E-state index >= 15 is 0 Å². The monoisotopic (exact) mass is 237 g/mol. The summed E-state index contributed by atoms with van der Waals surface area (Å²) >= 11 is 0. The van der Waals surface area contributed by atoms with Gasteiger partial charge in [0, 0.05) is 17.7 Å². The lowest BCUT2D eigenvalue weighted by Gasteiger charge is -2.29. The Kier molecular flexibility index (Phi) is 3.43. The van der Waals surface area contributed by atoms with Gasteiger partial charge in [0.25, 0.3) is 0 Å². The molecule has 4 N–H and O–H groups in total. The minimum Gasteiger partial charge on any atom is -0.508 e. The van der Waals surface area contributed by atoms with E-state index in [2.05, 4.69) is 5.32 Å². The third kappa shape index (κ3) is 2.47. The Bertz CT molecular complexity index is 377. The fraction of sp³-hybridized carbons (Fsp3) is 0.538. The SMILES string of the molecule is CC(c1c(O)cc(O)cc1O)C1CCNCC1. The van der Waals surface area contributed by atoms with Gasteiger partial charge in [0.1, 0.15) is 17.2 Å². The number of hydrogen-bond acceptors (Lipinski definition) is 4. The molecule has 1 unspecified atom stereocenters. The molecular weight excluding hydrogens is 218 g/mol. The normalized spacial score (nSPS) is 19.1. The lowest BCUT2D eigenvalue weighted by molar-refractivity contribution is 0.316. The van der Waals surface area contributed by atoms with E-state index in [-0.39, 0.29) is 23.2 Å². The zero-order chi connectivity index (χ0) is 12.4. The van der Waals surface area contributed by atoms with Crippen LogP contribution >= 0.6 is 0 Å². The molecule has 1 saturated heterocycles. The van der Waals surface area contributed by atoms with Crippen LogP contribution in [0.5, 0.6) is 17.2 Å². The van der Waals surface area contributed by atoms with E-state index in [4.69, 9.17) is 0 Å². The fourth-order valence-corrected chi connectivity index (χ4v) is 2.66. The molecule has 94 valence electrons. The highest BCUT2D eigenvalue weighted by Crippen LogP contribution is 2.42. The Balaban J connectivity index is 2.26. The quantitative estimate of drug-likeness (QED) is 0.634. The van der Waals surface area contributed by atoms with E-state index in [9.17, 15) is 15.3 Å². The van der Waals surface area contributed by atoms with Gasteiger partial charge in [0.15, 0.2) is 0 Å². The summed E-state index contributed by atoms with van der Waals surface area (Å²) in [4.78, 5) is 0. The third-order valence-electron chi connectivity index (χ3n) is 3.67. The van der Waals surface area contributed by atoms with Crippen molar-refractivity contribution in [2.24, 2.45) is 5.92 Å². The number of hydrogen-bond donors (Lipinski definition) is 4. The van der Waals surface area contributed by atoms with Gasteiger partial charge < -0.3 is 20.6 Å². The number of aromatic hydroxyl groups is 3. The summed E-state index contributed by atoms with van der Waals surface area (Å²) < 4.78 is 0. The summed E-state index contributed by atoms with van der Waals surface area (Å²) in [5.41, 5.74) is 0.551. The van der Waals surface area contributed by atoms with Crippen LogP contribution < -0.4 is 5.32 Å². The topological polar surface area (TPSA) is 72.7 Å². The predicted octanol–water partition coefficient (Wildman–Crippen LogP) is 1.91. The van der Waals surface area contributed by atoms with Crippen molar-refractivity contribution >= 4 is 0 Å². The molecule has 0 amide bonds. The number of phenolic OH excluding ortho intramolecular Hbond substituents is 3. The Morgan fingerprint density at radius 1 is 1.12 bits per heavy atom. The van der Waals surface area contributed by atoms with E-state index < -0.39 is 0 Å². The highest BCUT2D eigenvalue weighted by molar-refractivity contribution is 5.50. The van der Waals surface area contributed by atoms with E-state index in [1.165, 1.54) is 12.1 Å². The molecule has 1 aromatic carbocycles. The number of benzene rings is 1. The van der Waals surface area contributed by atoms with Crippen molar-refractivity contribution in [1.29, 1.82) is 0 Å². The van der Waals surface area contributed by atoms with Crippen molar-refractivity contribution in [3.05, 3.63) is 17.7 Å². The Morgan fingerprint density at radius 3 is 2.18 bits per heavy atom. The summed E-state index contributed by atoms with van der Waals surface area (Å²) in [5, 5.41) is 32.3. The molecule has 1 atom stereocenters. The van der Waals surface area contributed by atoms with Crippen LogP contribution in [0, 0.1) is 5.92 Å². The maximum absolute atomic E-state index is 9.84. The molecule has 1 aliphatic rings. The maximum atomic E-state index is 9.84. The average Bonchev–Trinajstić information content (AvgIpc) is 2.28. The average molecular weight is 237 g/mol. The first-order valence-corrected chi connectivity index (χ1v) is 6.05. The summed E-state index contributed by atoms with van der Waals surface area (Å²) in [5.74, 6) is 0.401. The van der Waals surface area contributed by atoms with Crippen molar-refractivity contribution in [2.75, 3.05) is 13.1 Å². The zero-order valence-electron chi connectivity index (χ0n) is 9.98. The predicted molar refractivity (Wildman–Crippen MR) is 65.4 cm³/mol. The van der Waals surface area contributed by atoms with Crippen LogP contribution in [0.3, 0.4) is 0 Å². The number of piperidine rings is 1. The van der Waals surface area contributed by atoms with Crippen molar-refractivity contribution in [3.8, 4) is 17.2 Å². The summed E-state index contributed by atoms with van der Waals surface area (Å²) in [7, 11) is 0. The summed E-state index contributed by atoms with van der Waals surface area (Å²) in [6.07, 6.45) is 2.09. The first-order chi connectivity index (χ1) is 8.09. The molecule has 17 heavy (non-hydrogen) atoms. The van der Waals surface area contributed by atoms with Gasteiger partial charge in [-0.1, -0.05) is 6.92 Å². The van der Waals surface area contributed by atoms with Crippen LogP contribution in [-0.2, 0) is 0 Å². The molecule has 0 saturated carbocycles. The fourth-order valence-electron chi connectivity index (χ4n) is 2.66. The van der Waals surface area contributed by atoms with E-state index in [0.717, 1.165) is 25.9 Å². The van der Waals surface area contributed by atoms with Gasteiger partial charge in [-0.3, -0.25) is 0 Å². The molecule has 1 heterocycles. The van der Waals surface area contributed by atoms with Crippen LogP contribution in [0.1, 0.15) is 31.2 Å². The highest BCUT2D eigenvalue weighted by atomic mass is 16.3. The standard InChI is InChI=1S/C13H19NO3/c1-8(9-2-4-14-5-3-9)13-11(16)6-10(15)7-12(13)17/h6-9,14-17H,2-5H2,1H3. The highest BCUT2D eigenvalue weighted by Gasteiger charge is 2.25. The lowest BCUT2D eigenvalue weighted by atomic mass is 9.81. The molecule has 0 bridgehead atoms. The van der Waals surface area contributed by atoms with Crippen LogP contribution in [0.2, 0.25) is 0 Å². The molecule has 2 rings (SSSR count). The maximum Gasteiger partial charge on any atom is 0.126 e. The van der Waals surface area contributed by atoms with E-state index in [1.807, 2.05) is 6.92 Å². The van der Waals surface area contributed by atoms with Crippen LogP contribution in [0.25, 0.3) is 0 Å². The van der Waals surface area contributed by atoms with Gasteiger partial charge in [0.05, 0.1) is 0 Å². The molecule has 0 aliphatic carbocycles. The first-order valence-electron chi connectivity index (χ1n) is 6.05. The van der Waals surface area contributed by atoms with Crippen LogP contribution in [0.15, 0.2) is 12.1 Å². The largest absolute Gasteiger partial charge is 0.508 e. The molecule has 1 fully saturated rings. The van der Waals surface area contributed by atoms with Gasteiger partial charge >= 0.3 is 0 Å². The number of nitrogens with one attached hydrogen (secondary N) is 1. The molecule has 0 radical (unpaired) electrons. The number of rotatable bonds is 2. The second-order valence-corrected chi connectivity index (χ2v) is 4.77. The minimum atomic E-state index is -0.110.